The van der Waals surface area contributed by atoms with Crippen LogP contribution in [0.4, 0.5) is 5.69 Å². The summed E-state index contributed by atoms with van der Waals surface area (Å²) in [5.74, 6) is -0.113. The molecule has 78 valence electrons. The number of amides is 1. The highest BCUT2D eigenvalue weighted by Crippen LogP contribution is 2.08. The van der Waals surface area contributed by atoms with Crippen molar-refractivity contribution >= 4 is 11.6 Å². The Morgan fingerprint density at radius 3 is 2.93 bits per heavy atom. The summed E-state index contributed by atoms with van der Waals surface area (Å²) < 4.78 is 0. The molecule has 0 spiro atoms. The molecule has 4 nitrogen and oxygen atoms in total. The lowest BCUT2D eigenvalue weighted by molar-refractivity contribution is 0.0798. The monoisotopic (exact) mass is 203 g/mol. The summed E-state index contributed by atoms with van der Waals surface area (Å²) in [6.45, 7) is 0.435. The van der Waals surface area contributed by atoms with Gasteiger partial charge in [-0.2, -0.15) is 5.26 Å². The Hall–Kier alpha value is -2.02. The van der Waals surface area contributed by atoms with Gasteiger partial charge < -0.3 is 10.6 Å². The first-order valence-electron chi connectivity index (χ1n) is 4.63. The van der Waals surface area contributed by atoms with Crippen LogP contribution in [0.2, 0.25) is 0 Å². The van der Waals surface area contributed by atoms with Crippen LogP contribution in [-0.2, 0) is 0 Å². The second-order valence-corrected chi connectivity index (χ2v) is 3.26. The van der Waals surface area contributed by atoms with Gasteiger partial charge in [-0.3, -0.25) is 4.79 Å². The molecule has 0 radical (unpaired) electrons. The maximum Gasteiger partial charge on any atom is 0.253 e. The topological polar surface area (TPSA) is 70.1 Å². The second-order valence-electron chi connectivity index (χ2n) is 3.26. The number of nitrogen functional groups attached to an aromatic ring is 1. The Labute approximate surface area is 88.9 Å². The van der Waals surface area contributed by atoms with Crippen LogP contribution in [0.5, 0.6) is 0 Å². The van der Waals surface area contributed by atoms with Crippen LogP contribution in [0, 0.1) is 11.3 Å². The van der Waals surface area contributed by atoms with Gasteiger partial charge in [-0.1, -0.05) is 6.07 Å². The van der Waals surface area contributed by atoms with E-state index < -0.39 is 0 Å². The summed E-state index contributed by atoms with van der Waals surface area (Å²) >= 11 is 0. The van der Waals surface area contributed by atoms with E-state index in [2.05, 4.69) is 0 Å². The molecule has 0 saturated carbocycles. The zero-order valence-electron chi connectivity index (χ0n) is 8.60. The number of carbonyl (C=O) groups is 1. The van der Waals surface area contributed by atoms with Crippen molar-refractivity contribution in [3.8, 4) is 6.07 Å². The first-order valence-corrected chi connectivity index (χ1v) is 4.63. The highest BCUT2D eigenvalue weighted by Gasteiger charge is 2.10. The van der Waals surface area contributed by atoms with Crippen LogP contribution >= 0.6 is 0 Å². The normalized spacial score (nSPS) is 9.33. The summed E-state index contributed by atoms with van der Waals surface area (Å²) in [7, 11) is 1.67. The van der Waals surface area contributed by atoms with Crippen molar-refractivity contribution in [2.24, 2.45) is 0 Å². The fourth-order valence-corrected chi connectivity index (χ4v) is 1.21. The third-order valence-corrected chi connectivity index (χ3v) is 2.04. The molecule has 0 aliphatic carbocycles. The van der Waals surface area contributed by atoms with Crippen LogP contribution in [-0.4, -0.2) is 24.4 Å². The maximum atomic E-state index is 11.8. The molecule has 1 amide bonds. The van der Waals surface area contributed by atoms with Crippen LogP contribution in [0.15, 0.2) is 24.3 Å². The minimum absolute atomic E-state index is 0.113. The molecule has 1 aromatic carbocycles. The molecule has 1 rings (SSSR count). The molecule has 0 fully saturated rings. The van der Waals surface area contributed by atoms with E-state index in [-0.39, 0.29) is 5.91 Å². The summed E-state index contributed by atoms with van der Waals surface area (Å²) in [4.78, 5) is 13.3. The van der Waals surface area contributed by atoms with Crippen molar-refractivity contribution in [3.63, 3.8) is 0 Å². The molecule has 2 N–H and O–H groups in total. The average Bonchev–Trinajstić information content (AvgIpc) is 2.24. The van der Waals surface area contributed by atoms with Crippen LogP contribution in [0.25, 0.3) is 0 Å². The summed E-state index contributed by atoms with van der Waals surface area (Å²) in [6.07, 6.45) is 0.338. The van der Waals surface area contributed by atoms with Gasteiger partial charge in [-0.05, 0) is 18.2 Å². The van der Waals surface area contributed by atoms with E-state index in [1.807, 2.05) is 6.07 Å². The molecule has 0 aliphatic heterocycles. The Morgan fingerprint density at radius 2 is 2.33 bits per heavy atom. The number of rotatable bonds is 3. The van der Waals surface area contributed by atoms with Gasteiger partial charge in [-0.25, -0.2) is 0 Å². The molecular formula is C11H13N3O. The molecule has 0 heterocycles. The average molecular weight is 203 g/mol. The number of nitrogens with zero attached hydrogens (tertiary/aromatic N) is 2. The number of hydrogen-bond acceptors (Lipinski definition) is 3. The SMILES string of the molecule is CN(CCC#N)C(=O)c1cccc(N)c1. The maximum absolute atomic E-state index is 11.8. The van der Waals surface area contributed by atoms with Gasteiger partial charge in [0.1, 0.15) is 0 Å². The smallest absolute Gasteiger partial charge is 0.253 e. The highest BCUT2D eigenvalue weighted by atomic mass is 16.2. The first-order chi connectivity index (χ1) is 7.15. The largest absolute Gasteiger partial charge is 0.399 e. The van der Waals surface area contributed by atoms with E-state index in [1.165, 1.54) is 4.90 Å². The molecule has 0 aromatic heterocycles. The second kappa shape index (κ2) is 5.01. The van der Waals surface area contributed by atoms with Crippen molar-refractivity contribution in [2.75, 3.05) is 19.3 Å². The van der Waals surface area contributed by atoms with E-state index in [9.17, 15) is 4.79 Å². The zero-order chi connectivity index (χ0) is 11.3. The first kappa shape index (κ1) is 11.1. The van der Waals surface area contributed by atoms with Gasteiger partial charge in [0.15, 0.2) is 0 Å². The molecule has 0 bridgehead atoms. The summed E-state index contributed by atoms with van der Waals surface area (Å²) in [6, 6.07) is 8.80. The van der Waals surface area contributed by atoms with Gasteiger partial charge >= 0.3 is 0 Å². The number of nitrogens with two attached hydrogens (primary N) is 1. The van der Waals surface area contributed by atoms with Gasteiger partial charge in [0.05, 0.1) is 12.5 Å². The molecule has 0 atom stereocenters. The van der Waals surface area contributed by atoms with E-state index in [4.69, 9.17) is 11.0 Å². The predicted molar refractivity (Wildman–Crippen MR) is 58.0 cm³/mol. The number of benzene rings is 1. The Balaban J connectivity index is 2.72. The Kier molecular flexibility index (Phi) is 3.69. The third-order valence-electron chi connectivity index (χ3n) is 2.04. The lowest BCUT2D eigenvalue weighted by Crippen LogP contribution is -2.27. The molecule has 0 aliphatic rings. The minimum atomic E-state index is -0.113. The van der Waals surface area contributed by atoms with Crippen LogP contribution < -0.4 is 5.73 Å². The van der Waals surface area contributed by atoms with Crippen LogP contribution in [0.3, 0.4) is 0 Å². The van der Waals surface area contributed by atoms with E-state index in [0.717, 1.165) is 0 Å². The van der Waals surface area contributed by atoms with Crippen LogP contribution in [0.1, 0.15) is 16.8 Å². The van der Waals surface area contributed by atoms with Crippen molar-refractivity contribution in [3.05, 3.63) is 29.8 Å². The van der Waals surface area contributed by atoms with Crippen molar-refractivity contribution in [1.82, 2.24) is 4.90 Å². The fraction of sp³-hybridized carbons (Fsp3) is 0.273. The number of anilines is 1. The summed E-state index contributed by atoms with van der Waals surface area (Å²) in [5, 5.41) is 8.40. The lowest BCUT2D eigenvalue weighted by Gasteiger charge is -2.15. The molecule has 0 saturated heterocycles. The van der Waals surface area contributed by atoms with E-state index >= 15 is 0 Å². The number of hydrogen-bond donors (Lipinski definition) is 1. The van der Waals surface area contributed by atoms with Crippen molar-refractivity contribution in [1.29, 1.82) is 5.26 Å². The van der Waals surface area contributed by atoms with Gasteiger partial charge in [-0.15, -0.1) is 0 Å². The number of carbonyl (C=O) groups excluding carboxylic acids is 1. The molecule has 1 aromatic rings. The van der Waals surface area contributed by atoms with Crippen molar-refractivity contribution < 1.29 is 4.79 Å². The van der Waals surface area contributed by atoms with Gasteiger partial charge in [0, 0.05) is 24.8 Å². The molecule has 4 heteroatoms. The van der Waals surface area contributed by atoms with E-state index in [1.54, 1.807) is 31.3 Å². The lowest BCUT2D eigenvalue weighted by atomic mass is 10.2. The fourth-order valence-electron chi connectivity index (χ4n) is 1.21. The van der Waals surface area contributed by atoms with Crippen molar-refractivity contribution in [2.45, 2.75) is 6.42 Å². The Bertz CT molecular complexity index is 395. The standard InChI is InChI=1S/C11H13N3O/c1-14(7-3-6-12)11(15)9-4-2-5-10(13)8-9/h2,4-5,8H,3,7,13H2,1H3. The number of nitriles is 1. The van der Waals surface area contributed by atoms with Gasteiger partial charge in [0.25, 0.3) is 5.91 Å². The third kappa shape index (κ3) is 2.99. The molecule has 15 heavy (non-hydrogen) atoms. The zero-order valence-corrected chi connectivity index (χ0v) is 8.60. The quantitative estimate of drug-likeness (QED) is 0.752. The predicted octanol–water partition coefficient (Wildman–Crippen LogP) is 1.25. The highest BCUT2D eigenvalue weighted by molar-refractivity contribution is 5.94. The Morgan fingerprint density at radius 1 is 1.60 bits per heavy atom. The van der Waals surface area contributed by atoms with E-state index in [0.29, 0.717) is 24.2 Å². The molecular weight excluding hydrogens is 190 g/mol. The minimum Gasteiger partial charge on any atom is -0.399 e. The molecule has 0 unspecified atom stereocenters. The summed E-state index contributed by atoms with van der Waals surface area (Å²) in [5.41, 5.74) is 6.69. The van der Waals surface area contributed by atoms with Gasteiger partial charge in [0.2, 0.25) is 0 Å².